The van der Waals surface area contributed by atoms with E-state index in [1.807, 2.05) is 36.4 Å². The molecule has 7 aromatic carbocycles. The zero-order valence-corrected chi connectivity index (χ0v) is 28.3. The highest BCUT2D eigenvalue weighted by Crippen LogP contribution is 2.58. The van der Waals surface area contributed by atoms with Crippen LogP contribution in [0, 0.1) is 0 Å². The van der Waals surface area contributed by atoms with E-state index < -0.39 is 0 Å². The van der Waals surface area contributed by atoms with Gasteiger partial charge >= 0.3 is 0 Å². The number of anilines is 6. The van der Waals surface area contributed by atoms with Crippen molar-refractivity contribution in [3.05, 3.63) is 175 Å². The monoisotopic (exact) mass is 655 g/mol. The zero-order chi connectivity index (χ0) is 34.1. The predicted octanol–water partition coefficient (Wildman–Crippen LogP) is 11.9. The molecule has 0 radical (unpaired) electrons. The normalized spacial score (nSPS) is 13.8. The predicted molar refractivity (Wildman–Crippen MR) is 209 cm³/mol. The highest BCUT2D eigenvalue weighted by atomic mass is 15.3. The Hall–Kier alpha value is -6.59. The van der Waals surface area contributed by atoms with E-state index >= 15 is 0 Å². The summed E-state index contributed by atoms with van der Waals surface area (Å²) >= 11 is 0. The molecule has 0 atom stereocenters. The second kappa shape index (κ2) is 11.2. The van der Waals surface area contributed by atoms with Crippen LogP contribution in [0.15, 0.2) is 164 Å². The molecule has 0 bridgehead atoms. The molecule has 2 aliphatic rings. The molecule has 0 amide bonds. The van der Waals surface area contributed by atoms with Crippen molar-refractivity contribution in [1.82, 2.24) is 15.0 Å². The molecule has 1 aromatic heterocycles. The van der Waals surface area contributed by atoms with Gasteiger partial charge in [0.15, 0.2) is 11.6 Å². The second-order valence-electron chi connectivity index (χ2n) is 13.7. The smallest absolute Gasteiger partial charge is 0.238 e. The number of aromatic nitrogens is 3. The molecule has 0 saturated heterocycles. The summed E-state index contributed by atoms with van der Waals surface area (Å²) < 4.78 is 0. The van der Waals surface area contributed by atoms with Crippen LogP contribution >= 0.6 is 0 Å². The van der Waals surface area contributed by atoms with Crippen molar-refractivity contribution in [2.24, 2.45) is 0 Å². The molecule has 0 unspecified atom stereocenters. The van der Waals surface area contributed by atoms with Crippen molar-refractivity contribution >= 4 is 45.2 Å². The van der Waals surface area contributed by atoms with Crippen LogP contribution in [0.4, 0.5) is 34.4 Å². The average Bonchev–Trinajstić information content (AvgIpc) is 3.19. The van der Waals surface area contributed by atoms with E-state index in [2.05, 4.69) is 151 Å². The number of hydrogen-bond acceptors (Lipinski definition) is 5. The van der Waals surface area contributed by atoms with Gasteiger partial charge < -0.3 is 4.90 Å². The van der Waals surface area contributed by atoms with Crippen molar-refractivity contribution in [2.45, 2.75) is 19.3 Å². The Labute approximate surface area is 297 Å². The molecule has 2 aliphatic heterocycles. The molecule has 51 heavy (non-hydrogen) atoms. The minimum atomic E-state index is -0.254. The van der Waals surface area contributed by atoms with Gasteiger partial charge in [-0.2, -0.15) is 9.97 Å². The Morgan fingerprint density at radius 3 is 1.71 bits per heavy atom. The first-order valence-corrected chi connectivity index (χ1v) is 17.4. The lowest BCUT2D eigenvalue weighted by Gasteiger charge is -2.43. The topological polar surface area (TPSA) is 45.2 Å². The summed E-state index contributed by atoms with van der Waals surface area (Å²) in [5.74, 6) is 1.84. The maximum atomic E-state index is 5.26. The van der Waals surface area contributed by atoms with Crippen LogP contribution in [0.3, 0.4) is 0 Å². The van der Waals surface area contributed by atoms with E-state index in [0.29, 0.717) is 17.6 Å². The lowest BCUT2D eigenvalue weighted by atomic mass is 9.72. The molecule has 0 N–H and O–H groups in total. The quantitative estimate of drug-likeness (QED) is 0.189. The van der Waals surface area contributed by atoms with E-state index in [4.69, 9.17) is 15.0 Å². The summed E-state index contributed by atoms with van der Waals surface area (Å²) in [6.45, 7) is 4.69. The lowest BCUT2D eigenvalue weighted by molar-refractivity contribution is 0.632. The van der Waals surface area contributed by atoms with Crippen molar-refractivity contribution in [3.63, 3.8) is 0 Å². The van der Waals surface area contributed by atoms with Crippen molar-refractivity contribution in [3.8, 4) is 33.9 Å². The van der Waals surface area contributed by atoms with E-state index in [9.17, 15) is 0 Å². The van der Waals surface area contributed by atoms with E-state index in [1.54, 1.807) is 0 Å². The van der Waals surface area contributed by atoms with E-state index in [-0.39, 0.29) is 5.41 Å². The first-order chi connectivity index (χ1) is 25.1. The van der Waals surface area contributed by atoms with Gasteiger partial charge in [0.05, 0.1) is 22.7 Å². The van der Waals surface area contributed by atoms with Crippen molar-refractivity contribution < 1.29 is 0 Å². The molecule has 10 rings (SSSR count). The molecule has 8 aromatic rings. The summed E-state index contributed by atoms with van der Waals surface area (Å²) in [5, 5.41) is 2.36. The first kappa shape index (κ1) is 29.3. The van der Waals surface area contributed by atoms with Crippen LogP contribution in [0.2, 0.25) is 0 Å². The van der Waals surface area contributed by atoms with Crippen LogP contribution < -0.4 is 9.80 Å². The van der Waals surface area contributed by atoms with Gasteiger partial charge in [-0.25, -0.2) is 4.98 Å². The summed E-state index contributed by atoms with van der Waals surface area (Å²) in [6, 6.07) is 57.8. The van der Waals surface area contributed by atoms with Gasteiger partial charge in [0.1, 0.15) is 0 Å². The fraction of sp³-hybridized carbons (Fsp3) is 0.0652. The molecule has 0 aliphatic carbocycles. The molecule has 0 spiro atoms. The number of rotatable bonds is 4. The largest absolute Gasteiger partial charge is 0.310 e. The lowest BCUT2D eigenvalue weighted by Crippen LogP contribution is -2.31. The van der Waals surface area contributed by atoms with Gasteiger partial charge in [-0.15, -0.1) is 0 Å². The molecule has 242 valence electrons. The zero-order valence-electron chi connectivity index (χ0n) is 28.3. The maximum absolute atomic E-state index is 5.26. The minimum Gasteiger partial charge on any atom is -0.310 e. The SMILES string of the molecule is CC1(C)c2ccccc2N(c2ccccc2)c2cc3c(cc21)-c1cccc2cccc(c12)N3c1nc(-c2ccccc2)nc(-c2ccccc2)n1. The summed E-state index contributed by atoms with van der Waals surface area (Å²) in [6.07, 6.45) is 0. The van der Waals surface area contributed by atoms with Gasteiger partial charge in [0.25, 0.3) is 0 Å². The Balaban J connectivity index is 1.30. The van der Waals surface area contributed by atoms with Crippen molar-refractivity contribution in [1.29, 1.82) is 0 Å². The summed E-state index contributed by atoms with van der Waals surface area (Å²) in [5.41, 5.74) is 12.1. The molecule has 3 heterocycles. The fourth-order valence-corrected chi connectivity index (χ4v) is 7.97. The third-order valence-corrected chi connectivity index (χ3v) is 10.4. The molecular formula is C46H33N5. The molecule has 0 saturated carbocycles. The third kappa shape index (κ3) is 4.51. The van der Waals surface area contributed by atoms with Gasteiger partial charge in [0, 0.05) is 33.2 Å². The van der Waals surface area contributed by atoms with E-state index in [1.165, 1.54) is 33.2 Å². The van der Waals surface area contributed by atoms with Crippen LogP contribution in [0.25, 0.3) is 44.7 Å². The maximum Gasteiger partial charge on any atom is 0.238 e. The number of benzene rings is 7. The third-order valence-electron chi connectivity index (χ3n) is 10.4. The van der Waals surface area contributed by atoms with Crippen molar-refractivity contribution in [2.75, 3.05) is 9.80 Å². The standard InChI is InChI=1S/C46H33N5/c1-46(2)36-25-12-13-26-38(36)50(33-22-10-5-11-23-33)41-29-40-35(28-37(41)46)34-24-14-20-30-21-15-27-39(42(30)34)51(40)45-48-43(31-16-6-3-7-17-31)47-44(49-45)32-18-8-4-9-19-32/h3-29H,1-2H3. The Bertz CT molecular complexity index is 2550. The van der Waals surface area contributed by atoms with Crippen LogP contribution in [-0.4, -0.2) is 15.0 Å². The molecule has 5 heteroatoms. The molecule has 5 nitrogen and oxygen atoms in total. The van der Waals surface area contributed by atoms with Gasteiger partial charge in [-0.1, -0.05) is 141 Å². The molecular weight excluding hydrogens is 623 g/mol. The summed E-state index contributed by atoms with van der Waals surface area (Å²) in [4.78, 5) is 20.2. The van der Waals surface area contributed by atoms with Gasteiger partial charge in [-0.3, -0.25) is 4.90 Å². The summed E-state index contributed by atoms with van der Waals surface area (Å²) in [7, 11) is 0. The minimum absolute atomic E-state index is 0.254. The van der Waals surface area contributed by atoms with E-state index in [0.717, 1.165) is 39.4 Å². The van der Waals surface area contributed by atoms with Gasteiger partial charge in [-0.05, 0) is 58.5 Å². The highest BCUT2D eigenvalue weighted by molar-refractivity contribution is 6.14. The van der Waals surface area contributed by atoms with Crippen LogP contribution in [0.1, 0.15) is 25.0 Å². The Morgan fingerprint density at radius 2 is 1.02 bits per heavy atom. The fourth-order valence-electron chi connectivity index (χ4n) is 7.97. The van der Waals surface area contributed by atoms with Gasteiger partial charge in [0.2, 0.25) is 5.95 Å². The number of hydrogen-bond donors (Lipinski definition) is 0. The highest BCUT2D eigenvalue weighted by Gasteiger charge is 2.39. The average molecular weight is 656 g/mol. The van der Waals surface area contributed by atoms with Crippen LogP contribution in [0.5, 0.6) is 0 Å². The Kier molecular flexibility index (Phi) is 6.46. The number of nitrogens with zero attached hydrogens (tertiary/aromatic N) is 5. The number of fused-ring (bicyclic) bond motifs is 4. The first-order valence-electron chi connectivity index (χ1n) is 17.4. The number of para-hydroxylation sites is 2. The van der Waals surface area contributed by atoms with Crippen LogP contribution in [-0.2, 0) is 5.41 Å². The Morgan fingerprint density at radius 1 is 0.431 bits per heavy atom. The second-order valence-corrected chi connectivity index (χ2v) is 13.7. The molecule has 0 fully saturated rings.